The minimum atomic E-state index is -0.935. The first-order valence-electron chi connectivity index (χ1n) is 6.75. The van der Waals surface area contributed by atoms with Crippen LogP contribution in [0, 0.1) is 13.8 Å². The maximum absolute atomic E-state index is 11.3. The van der Waals surface area contributed by atoms with E-state index in [9.17, 15) is 9.90 Å². The van der Waals surface area contributed by atoms with Crippen molar-refractivity contribution in [3.63, 3.8) is 0 Å². The van der Waals surface area contributed by atoms with Gasteiger partial charge in [-0.25, -0.2) is 4.79 Å². The van der Waals surface area contributed by atoms with Gasteiger partial charge in [-0.2, -0.15) is 5.10 Å². The fraction of sp³-hybridized carbons (Fsp3) is 0.375. The summed E-state index contributed by atoms with van der Waals surface area (Å²) in [4.78, 5) is 11.3. The molecule has 106 valence electrons. The fourth-order valence-electron chi connectivity index (χ4n) is 2.14. The highest BCUT2D eigenvalue weighted by atomic mass is 16.4. The highest BCUT2D eigenvalue weighted by Crippen LogP contribution is 2.18. The lowest BCUT2D eigenvalue weighted by Gasteiger charge is -2.09. The Bertz CT molecular complexity index is 642. The van der Waals surface area contributed by atoms with Crippen LogP contribution in [0.2, 0.25) is 0 Å². The lowest BCUT2D eigenvalue weighted by molar-refractivity contribution is 0.0684. The second-order valence-corrected chi connectivity index (χ2v) is 5.50. The maximum Gasteiger partial charge on any atom is 0.354 e. The van der Waals surface area contributed by atoms with Crippen LogP contribution in [0.4, 0.5) is 0 Å². The molecule has 0 atom stereocenters. The number of hydrogen-bond donors (Lipinski definition) is 1. The molecule has 0 unspecified atom stereocenters. The molecule has 1 N–H and O–H groups in total. The van der Waals surface area contributed by atoms with Crippen LogP contribution in [-0.4, -0.2) is 20.9 Å². The van der Waals surface area contributed by atoms with E-state index in [0.717, 1.165) is 16.8 Å². The number of benzene rings is 1. The quantitative estimate of drug-likeness (QED) is 0.928. The molecular formula is C16H20N2O2. The van der Waals surface area contributed by atoms with E-state index in [2.05, 4.69) is 23.3 Å². The second kappa shape index (κ2) is 5.49. The first-order chi connectivity index (χ1) is 9.38. The molecule has 0 amide bonds. The van der Waals surface area contributed by atoms with Crippen molar-refractivity contribution in [2.45, 2.75) is 40.2 Å². The number of aromatic nitrogens is 2. The Kier molecular flexibility index (Phi) is 3.93. The van der Waals surface area contributed by atoms with Gasteiger partial charge in [0.2, 0.25) is 0 Å². The van der Waals surface area contributed by atoms with E-state index in [1.165, 1.54) is 5.56 Å². The van der Waals surface area contributed by atoms with Gasteiger partial charge in [0.15, 0.2) is 0 Å². The summed E-state index contributed by atoms with van der Waals surface area (Å²) in [6, 6.07) is 7.85. The molecule has 4 nitrogen and oxygen atoms in total. The predicted octanol–water partition coefficient (Wildman–Crippen LogP) is 3.37. The summed E-state index contributed by atoms with van der Waals surface area (Å²) in [5.74, 6) is -0.720. The van der Waals surface area contributed by atoms with Gasteiger partial charge in [-0.15, -0.1) is 0 Å². The zero-order valence-electron chi connectivity index (χ0n) is 12.3. The number of aromatic carboxylic acids is 1. The summed E-state index contributed by atoms with van der Waals surface area (Å²) < 4.78 is 1.58. The van der Waals surface area contributed by atoms with Crippen LogP contribution in [0.25, 0.3) is 0 Å². The number of carbonyl (C=O) groups is 1. The predicted molar refractivity (Wildman–Crippen MR) is 78.3 cm³/mol. The first kappa shape index (κ1) is 14.3. The van der Waals surface area contributed by atoms with Gasteiger partial charge in [0.05, 0.1) is 12.2 Å². The molecule has 0 bridgehead atoms. The smallest absolute Gasteiger partial charge is 0.354 e. The van der Waals surface area contributed by atoms with Crippen LogP contribution in [0.1, 0.15) is 52.6 Å². The van der Waals surface area contributed by atoms with E-state index in [1.807, 2.05) is 27.7 Å². The van der Waals surface area contributed by atoms with Gasteiger partial charge in [0.25, 0.3) is 0 Å². The monoisotopic (exact) mass is 272 g/mol. The topological polar surface area (TPSA) is 55.1 Å². The van der Waals surface area contributed by atoms with Gasteiger partial charge in [0.1, 0.15) is 5.69 Å². The molecule has 1 aromatic carbocycles. The lowest BCUT2D eigenvalue weighted by atomic mass is 10.1. The van der Waals surface area contributed by atoms with E-state index in [0.29, 0.717) is 6.54 Å². The zero-order chi connectivity index (χ0) is 14.9. The van der Waals surface area contributed by atoms with Crippen molar-refractivity contribution in [1.29, 1.82) is 0 Å². The molecule has 1 heterocycles. The standard InChI is InChI=1S/C16H20N2O2/c1-10(2)14-8-15(16(19)20)18(17-14)9-13-7-11(3)5-6-12(13)4/h5-8,10H,9H2,1-4H3,(H,19,20). The number of hydrogen-bond acceptors (Lipinski definition) is 2. The number of carboxylic acids is 1. The molecule has 2 rings (SSSR count). The summed E-state index contributed by atoms with van der Waals surface area (Å²) in [6.45, 7) is 8.57. The Labute approximate surface area is 119 Å². The summed E-state index contributed by atoms with van der Waals surface area (Å²) in [6.07, 6.45) is 0. The third-order valence-corrected chi connectivity index (χ3v) is 3.43. The molecule has 1 aromatic heterocycles. The highest BCUT2D eigenvalue weighted by molar-refractivity contribution is 5.85. The van der Waals surface area contributed by atoms with Crippen LogP contribution in [0.15, 0.2) is 24.3 Å². The average Bonchev–Trinajstić information content (AvgIpc) is 2.78. The molecule has 0 spiro atoms. The molecule has 20 heavy (non-hydrogen) atoms. The number of rotatable bonds is 4. The molecule has 0 fully saturated rings. The van der Waals surface area contributed by atoms with Gasteiger partial charge in [0, 0.05) is 0 Å². The van der Waals surface area contributed by atoms with Gasteiger partial charge in [-0.1, -0.05) is 37.6 Å². The van der Waals surface area contributed by atoms with Crippen molar-refractivity contribution < 1.29 is 9.90 Å². The van der Waals surface area contributed by atoms with Crippen LogP contribution in [0.3, 0.4) is 0 Å². The fourth-order valence-corrected chi connectivity index (χ4v) is 2.14. The Morgan fingerprint density at radius 3 is 2.60 bits per heavy atom. The molecule has 0 aliphatic heterocycles. The van der Waals surface area contributed by atoms with Crippen molar-refractivity contribution in [3.8, 4) is 0 Å². The largest absolute Gasteiger partial charge is 0.477 e. The minimum absolute atomic E-state index is 0.216. The van der Waals surface area contributed by atoms with E-state index < -0.39 is 5.97 Å². The Morgan fingerprint density at radius 1 is 1.30 bits per heavy atom. The van der Waals surface area contributed by atoms with Crippen LogP contribution >= 0.6 is 0 Å². The summed E-state index contributed by atoms with van der Waals surface area (Å²) in [7, 11) is 0. The van der Waals surface area contributed by atoms with Crippen molar-refractivity contribution in [1.82, 2.24) is 9.78 Å². The first-order valence-corrected chi connectivity index (χ1v) is 6.75. The maximum atomic E-state index is 11.3. The van der Waals surface area contributed by atoms with Crippen LogP contribution in [0.5, 0.6) is 0 Å². The van der Waals surface area contributed by atoms with Crippen molar-refractivity contribution in [2.75, 3.05) is 0 Å². The summed E-state index contributed by atoms with van der Waals surface area (Å²) in [5, 5.41) is 13.7. The van der Waals surface area contributed by atoms with Crippen LogP contribution < -0.4 is 0 Å². The van der Waals surface area contributed by atoms with Gasteiger partial charge < -0.3 is 5.11 Å². The molecule has 0 radical (unpaired) electrons. The van der Waals surface area contributed by atoms with Crippen molar-refractivity contribution >= 4 is 5.97 Å². The number of aryl methyl sites for hydroxylation is 2. The SMILES string of the molecule is Cc1ccc(C)c(Cn2nc(C(C)C)cc2C(=O)O)c1. The Balaban J connectivity index is 2.42. The molecule has 0 saturated carbocycles. The van der Waals surface area contributed by atoms with E-state index in [1.54, 1.807) is 10.7 Å². The summed E-state index contributed by atoms with van der Waals surface area (Å²) in [5.41, 5.74) is 4.47. The van der Waals surface area contributed by atoms with Crippen LogP contribution in [-0.2, 0) is 6.54 Å². The molecule has 0 aliphatic rings. The Morgan fingerprint density at radius 2 is 2.00 bits per heavy atom. The molecule has 4 heteroatoms. The molecule has 0 aliphatic carbocycles. The minimum Gasteiger partial charge on any atom is -0.477 e. The summed E-state index contributed by atoms with van der Waals surface area (Å²) >= 11 is 0. The van der Waals surface area contributed by atoms with Gasteiger partial charge in [-0.05, 0) is 37.0 Å². The normalized spacial score (nSPS) is 11.1. The number of nitrogens with zero attached hydrogens (tertiary/aromatic N) is 2. The van der Waals surface area contributed by atoms with Gasteiger partial charge >= 0.3 is 5.97 Å². The van der Waals surface area contributed by atoms with Crippen molar-refractivity contribution in [3.05, 3.63) is 52.3 Å². The molecule has 2 aromatic rings. The lowest BCUT2D eigenvalue weighted by Crippen LogP contribution is -2.12. The highest BCUT2D eigenvalue weighted by Gasteiger charge is 2.16. The zero-order valence-corrected chi connectivity index (χ0v) is 12.3. The van der Waals surface area contributed by atoms with E-state index >= 15 is 0 Å². The Hall–Kier alpha value is -2.10. The third kappa shape index (κ3) is 2.90. The van der Waals surface area contributed by atoms with Crippen molar-refractivity contribution in [2.24, 2.45) is 0 Å². The van der Waals surface area contributed by atoms with Gasteiger partial charge in [-0.3, -0.25) is 4.68 Å². The number of carboxylic acid groups (broad SMARTS) is 1. The second-order valence-electron chi connectivity index (χ2n) is 5.50. The van der Waals surface area contributed by atoms with E-state index in [4.69, 9.17) is 0 Å². The third-order valence-electron chi connectivity index (χ3n) is 3.43. The molecule has 0 saturated heterocycles. The average molecular weight is 272 g/mol. The molecular weight excluding hydrogens is 252 g/mol. The van der Waals surface area contributed by atoms with E-state index in [-0.39, 0.29) is 11.6 Å².